The molecule has 2 aromatic carbocycles. The molecule has 110 valence electrons. The second-order valence-corrected chi connectivity index (χ2v) is 5.28. The topological polar surface area (TPSA) is 15.3 Å². The summed E-state index contributed by atoms with van der Waals surface area (Å²) in [6.45, 7) is 2.60. The average molecular weight is 288 g/mol. The van der Waals surface area contributed by atoms with E-state index < -0.39 is 11.6 Å². The van der Waals surface area contributed by atoms with Crippen molar-refractivity contribution in [2.24, 2.45) is 0 Å². The summed E-state index contributed by atoms with van der Waals surface area (Å²) in [5.74, 6) is -1.65. The maximum absolute atomic E-state index is 13.7. The predicted molar refractivity (Wildman–Crippen MR) is 81.6 cm³/mol. The standard InChI is InChI=1S/C17H18F2N2/c18-14-7-5-8-15(17(14)19)20-12-13-6-1-2-9-16(13)21-10-3-4-11-21/h1-2,5-9,20H,3-4,10-12H2. The zero-order valence-corrected chi connectivity index (χ0v) is 11.8. The second kappa shape index (κ2) is 6.12. The number of hydrogen-bond acceptors (Lipinski definition) is 2. The summed E-state index contributed by atoms with van der Waals surface area (Å²) in [7, 11) is 0. The summed E-state index contributed by atoms with van der Waals surface area (Å²) in [4.78, 5) is 2.35. The summed E-state index contributed by atoms with van der Waals surface area (Å²) < 4.78 is 26.9. The maximum atomic E-state index is 13.7. The van der Waals surface area contributed by atoms with Gasteiger partial charge >= 0.3 is 0 Å². The van der Waals surface area contributed by atoms with Gasteiger partial charge < -0.3 is 10.2 Å². The smallest absolute Gasteiger partial charge is 0.181 e. The van der Waals surface area contributed by atoms with Crippen molar-refractivity contribution in [2.75, 3.05) is 23.3 Å². The molecule has 21 heavy (non-hydrogen) atoms. The van der Waals surface area contributed by atoms with E-state index in [0.29, 0.717) is 6.54 Å². The maximum Gasteiger partial charge on any atom is 0.181 e. The quantitative estimate of drug-likeness (QED) is 0.908. The summed E-state index contributed by atoms with van der Waals surface area (Å²) in [6, 6.07) is 12.3. The van der Waals surface area contributed by atoms with Gasteiger partial charge in [-0.1, -0.05) is 24.3 Å². The molecule has 2 aromatic rings. The van der Waals surface area contributed by atoms with E-state index >= 15 is 0 Å². The Bertz CT molecular complexity index is 622. The van der Waals surface area contributed by atoms with Crippen molar-refractivity contribution in [3.8, 4) is 0 Å². The van der Waals surface area contributed by atoms with Gasteiger partial charge in [0.05, 0.1) is 5.69 Å². The van der Waals surface area contributed by atoms with Gasteiger partial charge in [-0.15, -0.1) is 0 Å². The fraction of sp³-hybridized carbons (Fsp3) is 0.294. The van der Waals surface area contributed by atoms with Gasteiger partial charge in [-0.25, -0.2) is 8.78 Å². The van der Waals surface area contributed by atoms with Crippen LogP contribution < -0.4 is 10.2 Å². The molecule has 0 saturated carbocycles. The van der Waals surface area contributed by atoms with Crippen LogP contribution in [0, 0.1) is 11.6 Å². The van der Waals surface area contributed by atoms with E-state index in [4.69, 9.17) is 0 Å². The number of para-hydroxylation sites is 1. The van der Waals surface area contributed by atoms with E-state index in [1.807, 2.05) is 18.2 Å². The number of hydrogen-bond donors (Lipinski definition) is 1. The van der Waals surface area contributed by atoms with Crippen LogP contribution in [-0.4, -0.2) is 13.1 Å². The highest BCUT2D eigenvalue weighted by Gasteiger charge is 2.15. The number of benzene rings is 2. The van der Waals surface area contributed by atoms with Gasteiger partial charge in [0.2, 0.25) is 0 Å². The first kappa shape index (κ1) is 13.9. The molecule has 1 aliphatic heterocycles. The molecule has 1 fully saturated rings. The lowest BCUT2D eigenvalue weighted by Crippen LogP contribution is -2.20. The molecule has 0 bridgehead atoms. The molecule has 0 amide bonds. The Kier molecular flexibility index (Phi) is 4.04. The Hall–Kier alpha value is -2.10. The van der Waals surface area contributed by atoms with Gasteiger partial charge in [0.15, 0.2) is 11.6 Å². The van der Waals surface area contributed by atoms with Crippen molar-refractivity contribution in [3.63, 3.8) is 0 Å². The molecular weight excluding hydrogens is 270 g/mol. The summed E-state index contributed by atoms with van der Waals surface area (Å²) >= 11 is 0. The lowest BCUT2D eigenvalue weighted by molar-refractivity contribution is 0.511. The Morgan fingerprint density at radius 1 is 0.952 bits per heavy atom. The zero-order chi connectivity index (χ0) is 14.7. The highest BCUT2D eigenvalue weighted by molar-refractivity contribution is 5.56. The number of rotatable bonds is 4. The molecule has 1 saturated heterocycles. The molecule has 0 spiro atoms. The molecule has 4 heteroatoms. The van der Waals surface area contributed by atoms with Crippen LogP contribution in [0.5, 0.6) is 0 Å². The van der Waals surface area contributed by atoms with Crippen LogP contribution >= 0.6 is 0 Å². The van der Waals surface area contributed by atoms with E-state index in [9.17, 15) is 8.78 Å². The van der Waals surface area contributed by atoms with Crippen molar-refractivity contribution in [1.29, 1.82) is 0 Å². The zero-order valence-electron chi connectivity index (χ0n) is 11.8. The normalized spacial score (nSPS) is 14.5. The van der Waals surface area contributed by atoms with E-state index in [0.717, 1.165) is 24.7 Å². The Morgan fingerprint density at radius 3 is 2.52 bits per heavy atom. The first-order valence-corrected chi connectivity index (χ1v) is 7.26. The molecule has 0 aromatic heterocycles. The number of nitrogens with zero attached hydrogens (tertiary/aromatic N) is 1. The van der Waals surface area contributed by atoms with Gasteiger partial charge in [-0.05, 0) is 36.6 Å². The minimum absolute atomic E-state index is 0.200. The van der Waals surface area contributed by atoms with Crippen molar-refractivity contribution in [2.45, 2.75) is 19.4 Å². The molecule has 0 unspecified atom stereocenters. The molecule has 2 nitrogen and oxygen atoms in total. The first-order chi connectivity index (χ1) is 10.3. The van der Waals surface area contributed by atoms with Crippen molar-refractivity contribution in [3.05, 3.63) is 59.7 Å². The van der Waals surface area contributed by atoms with Gasteiger partial charge in [0.1, 0.15) is 0 Å². The lowest BCUT2D eigenvalue weighted by Gasteiger charge is -2.21. The van der Waals surface area contributed by atoms with Crippen molar-refractivity contribution in [1.82, 2.24) is 0 Å². The number of anilines is 2. The molecular formula is C17H18F2N2. The molecule has 1 heterocycles. The van der Waals surface area contributed by atoms with Gasteiger partial charge in [0.25, 0.3) is 0 Å². The van der Waals surface area contributed by atoms with Crippen LogP contribution in [0.15, 0.2) is 42.5 Å². The second-order valence-electron chi connectivity index (χ2n) is 5.28. The van der Waals surface area contributed by atoms with Crippen LogP contribution in [0.4, 0.5) is 20.2 Å². The van der Waals surface area contributed by atoms with E-state index in [2.05, 4.69) is 16.3 Å². The van der Waals surface area contributed by atoms with E-state index in [-0.39, 0.29) is 5.69 Å². The van der Waals surface area contributed by atoms with Crippen LogP contribution in [0.25, 0.3) is 0 Å². The predicted octanol–water partition coefficient (Wildman–Crippen LogP) is 4.18. The fourth-order valence-electron chi connectivity index (χ4n) is 2.76. The van der Waals surface area contributed by atoms with Crippen molar-refractivity contribution >= 4 is 11.4 Å². The minimum atomic E-state index is -0.826. The van der Waals surface area contributed by atoms with E-state index in [1.54, 1.807) is 6.07 Å². The van der Waals surface area contributed by atoms with Crippen LogP contribution in [0.3, 0.4) is 0 Å². The molecule has 0 atom stereocenters. The van der Waals surface area contributed by atoms with Crippen LogP contribution in [0.2, 0.25) is 0 Å². The first-order valence-electron chi connectivity index (χ1n) is 7.26. The average Bonchev–Trinajstić information content (AvgIpc) is 3.03. The van der Waals surface area contributed by atoms with Gasteiger partial charge in [-0.2, -0.15) is 0 Å². The molecule has 1 aliphatic rings. The van der Waals surface area contributed by atoms with Gasteiger partial charge in [0, 0.05) is 25.3 Å². The number of halogens is 2. The SMILES string of the molecule is Fc1cccc(NCc2ccccc2N2CCCC2)c1F. The third kappa shape index (κ3) is 2.99. The van der Waals surface area contributed by atoms with Crippen LogP contribution in [-0.2, 0) is 6.54 Å². The fourth-order valence-corrected chi connectivity index (χ4v) is 2.76. The monoisotopic (exact) mass is 288 g/mol. The molecule has 3 rings (SSSR count). The highest BCUT2D eigenvalue weighted by atomic mass is 19.2. The highest BCUT2D eigenvalue weighted by Crippen LogP contribution is 2.26. The summed E-state index contributed by atoms with van der Waals surface area (Å²) in [5, 5.41) is 2.99. The van der Waals surface area contributed by atoms with Gasteiger partial charge in [-0.3, -0.25) is 0 Å². The Morgan fingerprint density at radius 2 is 1.71 bits per heavy atom. The largest absolute Gasteiger partial charge is 0.378 e. The Balaban J connectivity index is 1.77. The molecule has 0 radical (unpaired) electrons. The summed E-state index contributed by atoms with van der Waals surface area (Å²) in [6.07, 6.45) is 2.42. The Labute approximate surface area is 123 Å². The van der Waals surface area contributed by atoms with Crippen LogP contribution in [0.1, 0.15) is 18.4 Å². The van der Waals surface area contributed by atoms with E-state index in [1.165, 1.54) is 24.6 Å². The van der Waals surface area contributed by atoms with Crippen molar-refractivity contribution < 1.29 is 8.78 Å². The number of nitrogens with one attached hydrogen (secondary N) is 1. The minimum Gasteiger partial charge on any atom is -0.378 e. The molecule has 1 N–H and O–H groups in total. The third-order valence-electron chi connectivity index (χ3n) is 3.86. The third-order valence-corrected chi connectivity index (χ3v) is 3.86. The lowest BCUT2D eigenvalue weighted by atomic mass is 10.1. The molecule has 0 aliphatic carbocycles. The summed E-state index contributed by atoms with van der Waals surface area (Å²) in [5.41, 5.74) is 2.48.